The van der Waals surface area contributed by atoms with Gasteiger partial charge in [0.2, 0.25) is 0 Å². The second-order valence-corrected chi connectivity index (χ2v) is 4.58. The van der Waals surface area contributed by atoms with Crippen molar-refractivity contribution in [1.29, 1.82) is 0 Å². The Morgan fingerprint density at radius 3 is 2.63 bits per heavy atom. The van der Waals surface area contributed by atoms with Crippen molar-refractivity contribution in [2.24, 2.45) is 0 Å². The van der Waals surface area contributed by atoms with E-state index in [0.717, 1.165) is 0 Å². The van der Waals surface area contributed by atoms with E-state index >= 15 is 0 Å². The minimum atomic E-state index is -0.239. The molecule has 0 radical (unpaired) electrons. The molecule has 6 heteroatoms. The molecule has 98 valence electrons. The molecule has 0 spiro atoms. The zero-order valence-electron chi connectivity index (χ0n) is 10.3. The maximum Gasteiger partial charge on any atom is 0.270 e. The maximum atomic E-state index is 11.9. The van der Waals surface area contributed by atoms with Crippen LogP contribution in [-0.4, -0.2) is 23.3 Å². The third-order valence-corrected chi connectivity index (χ3v) is 3.09. The molecule has 0 unspecified atom stereocenters. The third kappa shape index (κ3) is 3.38. The van der Waals surface area contributed by atoms with Gasteiger partial charge in [-0.15, -0.1) is 11.3 Å². The molecule has 0 fully saturated rings. The zero-order chi connectivity index (χ0) is 13.7. The highest BCUT2D eigenvalue weighted by Crippen LogP contribution is 2.16. The van der Waals surface area contributed by atoms with Gasteiger partial charge in [0.25, 0.3) is 11.8 Å². The summed E-state index contributed by atoms with van der Waals surface area (Å²) in [5.41, 5.74) is 0.868. The fourth-order valence-corrected chi connectivity index (χ4v) is 2.13. The van der Waals surface area contributed by atoms with E-state index in [1.807, 2.05) is 13.0 Å². The van der Waals surface area contributed by atoms with Crippen LogP contribution >= 0.6 is 11.3 Å². The molecule has 2 N–H and O–H groups in total. The fourth-order valence-electron chi connectivity index (χ4n) is 1.45. The highest BCUT2D eigenvalue weighted by atomic mass is 32.1. The Hall–Kier alpha value is -2.21. The van der Waals surface area contributed by atoms with Gasteiger partial charge in [0, 0.05) is 17.5 Å². The molecule has 1 aromatic heterocycles. The van der Waals surface area contributed by atoms with E-state index in [1.54, 1.807) is 29.6 Å². The van der Waals surface area contributed by atoms with E-state index in [1.165, 1.54) is 11.3 Å². The van der Waals surface area contributed by atoms with Crippen molar-refractivity contribution >= 4 is 28.3 Å². The second kappa shape index (κ2) is 6.10. The standard InChI is InChI=1S/C13H13N3O2S/c1-2-14-12(18)10-8-19-13(15-10)16-11(17)9-6-4-3-5-7-9/h3-8H,2H2,1H3,(H,14,18)(H,15,16,17). The van der Waals surface area contributed by atoms with Crippen LogP contribution in [0, 0.1) is 0 Å². The summed E-state index contributed by atoms with van der Waals surface area (Å²) in [4.78, 5) is 27.5. The average molecular weight is 275 g/mol. The normalized spacial score (nSPS) is 9.95. The summed E-state index contributed by atoms with van der Waals surface area (Å²) in [6, 6.07) is 8.85. The lowest BCUT2D eigenvalue weighted by molar-refractivity contribution is 0.0950. The van der Waals surface area contributed by atoms with E-state index in [4.69, 9.17) is 0 Å². The number of aromatic nitrogens is 1. The van der Waals surface area contributed by atoms with Crippen LogP contribution in [0.2, 0.25) is 0 Å². The quantitative estimate of drug-likeness (QED) is 0.898. The number of thiazole rings is 1. The summed E-state index contributed by atoms with van der Waals surface area (Å²) in [5.74, 6) is -0.476. The molecule has 2 rings (SSSR count). The van der Waals surface area contributed by atoms with E-state index in [-0.39, 0.29) is 11.8 Å². The lowest BCUT2D eigenvalue weighted by atomic mass is 10.2. The SMILES string of the molecule is CCNC(=O)c1csc(NC(=O)c2ccccc2)n1. The second-order valence-electron chi connectivity index (χ2n) is 3.72. The zero-order valence-corrected chi connectivity index (χ0v) is 11.2. The highest BCUT2D eigenvalue weighted by molar-refractivity contribution is 7.14. The third-order valence-electron chi connectivity index (χ3n) is 2.33. The molecule has 0 aliphatic carbocycles. The van der Waals surface area contributed by atoms with Crippen molar-refractivity contribution in [3.05, 3.63) is 47.0 Å². The predicted molar refractivity (Wildman–Crippen MR) is 74.5 cm³/mol. The number of amides is 2. The molecule has 19 heavy (non-hydrogen) atoms. The summed E-state index contributed by atoms with van der Waals surface area (Å²) in [7, 11) is 0. The highest BCUT2D eigenvalue weighted by Gasteiger charge is 2.12. The molecule has 2 aromatic rings. The Morgan fingerprint density at radius 2 is 1.95 bits per heavy atom. The molecular formula is C13H13N3O2S. The Labute approximate surface area is 114 Å². The monoisotopic (exact) mass is 275 g/mol. The number of carbonyl (C=O) groups is 2. The lowest BCUT2D eigenvalue weighted by Gasteiger charge is -2.00. The van der Waals surface area contributed by atoms with Gasteiger partial charge in [0.15, 0.2) is 5.13 Å². The van der Waals surface area contributed by atoms with Crippen molar-refractivity contribution in [3.63, 3.8) is 0 Å². The van der Waals surface area contributed by atoms with Gasteiger partial charge in [0.05, 0.1) is 0 Å². The van der Waals surface area contributed by atoms with Crippen LogP contribution in [0.1, 0.15) is 27.8 Å². The van der Waals surface area contributed by atoms with Gasteiger partial charge >= 0.3 is 0 Å². The predicted octanol–water partition coefficient (Wildman–Crippen LogP) is 2.15. The van der Waals surface area contributed by atoms with Crippen molar-refractivity contribution in [3.8, 4) is 0 Å². The number of nitrogens with zero attached hydrogens (tertiary/aromatic N) is 1. The number of carbonyl (C=O) groups excluding carboxylic acids is 2. The number of anilines is 1. The first-order valence-electron chi connectivity index (χ1n) is 5.81. The van der Waals surface area contributed by atoms with E-state index < -0.39 is 0 Å². The molecule has 1 heterocycles. The van der Waals surface area contributed by atoms with Crippen LogP contribution in [0.3, 0.4) is 0 Å². The number of benzene rings is 1. The smallest absolute Gasteiger partial charge is 0.270 e. The Morgan fingerprint density at radius 1 is 1.21 bits per heavy atom. The minimum absolute atomic E-state index is 0.237. The van der Waals surface area contributed by atoms with Crippen molar-refractivity contribution in [2.45, 2.75) is 6.92 Å². The topological polar surface area (TPSA) is 71.1 Å². The minimum Gasteiger partial charge on any atom is -0.351 e. The van der Waals surface area contributed by atoms with Gasteiger partial charge in [-0.2, -0.15) is 0 Å². The van der Waals surface area contributed by atoms with Crippen molar-refractivity contribution in [2.75, 3.05) is 11.9 Å². The Kier molecular flexibility index (Phi) is 4.25. The summed E-state index contributed by atoms with van der Waals surface area (Å²) >= 11 is 1.22. The summed E-state index contributed by atoms with van der Waals surface area (Å²) in [6.07, 6.45) is 0. The number of rotatable bonds is 4. The van der Waals surface area contributed by atoms with Crippen molar-refractivity contribution in [1.82, 2.24) is 10.3 Å². The summed E-state index contributed by atoms with van der Waals surface area (Å²) in [6.45, 7) is 2.38. The van der Waals surface area contributed by atoms with Gasteiger partial charge in [-0.25, -0.2) is 4.98 Å². The van der Waals surface area contributed by atoms with Crippen LogP contribution < -0.4 is 10.6 Å². The molecule has 1 aromatic carbocycles. The summed E-state index contributed by atoms with van der Waals surface area (Å²) < 4.78 is 0. The van der Waals surface area contributed by atoms with Gasteiger partial charge in [0.1, 0.15) is 5.69 Å². The molecule has 0 atom stereocenters. The number of hydrogen-bond acceptors (Lipinski definition) is 4. The molecule has 5 nitrogen and oxygen atoms in total. The largest absolute Gasteiger partial charge is 0.351 e. The van der Waals surface area contributed by atoms with Crippen LogP contribution in [0.15, 0.2) is 35.7 Å². The first kappa shape index (κ1) is 13.2. The molecule has 0 bridgehead atoms. The lowest BCUT2D eigenvalue weighted by Crippen LogP contribution is -2.23. The van der Waals surface area contributed by atoms with Crippen LogP contribution in [0.25, 0.3) is 0 Å². The number of nitrogens with one attached hydrogen (secondary N) is 2. The van der Waals surface area contributed by atoms with Gasteiger partial charge in [-0.3, -0.25) is 14.9 Å². The fraction of sp³-hybridized carbons (Fsp3) is 0.154. The Balaban J connectivity index is 2.04. The molecule has 0 saturated heterocycles. The number of hydrogen-bond donors (Lipinski definition) is 2. The first-order valence-corrected chi connectivity index (χ1v) is 6.68. The molecule has 0 saturated carbocycles. The van der Waals surface area contributed by atoms with Crippen LogP contribution in [-0.2, 0) is 0 Å². The van der Waals surface area contributed by atoms with E-state index in [0.29, 0.717) is 22.9 Å². The molecule has 2 amide bonds. The maximum absolute atomic E-state index is 11.9. The van der Waals surface area contributed by atoms with Gasteiger partial charge < -0.3 is 5.32 Å². The first-order chi connectivity index (χ1) is 9.20. The average Bonchev–Trinajstić information content (AvgIpc) is 2.88. The van der Waals surface area contributed by atoms with E-state index in [9.17, 15) is 9.59 Å². The van der Waals surface area contributed by atoms with Crippen LogP contribution in [0.4, 0.5) is 5.13 Å². The van der Waals surface area contributed by atoms with Gasteiger partial charge in [-0.1, -0.05) is 18.2 Å². The molecule has 0 aliphatic heterocycles. The van der Waals surface area contributed by atoms with Crippen molar-refractivity contribution < 1.29 is 9.59 Å². The van der Waals surface area contributed by atoms with Gasteiger partial charge in [-0.05, 0) is 19.1 Å². The van der Waals surface area contributed by atoms with E-state index in [2.05, 4.69) is 15.6 Å². The molecule has 0 aliphatic rings. The summed E-state index contributed by atoms with van der Waals surface area (Å²) in [5, 5.41) is 7.35. The molecular weight excluding hydrogens is 262 g/mol. The Bertz CT molecular complexity index is 581. The van der Waals surface area contributed by atoms with Crippen LogP contribution in [0.5, 0.6) is 0 Å².